The molecule has 2 aromatic carbocycles. The average Bonchev–Trinajstić information content (AvgIpc) is 2.83. The van der Waals surface area contributed by atoms with E-state index in [1.165, 1.54) is 44.9 Å². The van der Waals surface area contributed by atoms with Crippen LogP contribution >= 0.6 is 0 Å². The van der Waals surface area contributed by atoms with E-state index in [0.29, 0.717) is 35.6 Å². The normalized spacial score (nSPS) is 18.6. The number of hydrogen-bond acceptors (Lipinski definition) is 1. The fourth-order valence-electron chi connectivity index (χ4n) is 4.94. The Labute approximate surface area is 193 Å². The molecule has 0 unspecified atom stereocenters. The van der Waals surface area contributed by atoms with Crippen molar-refractivity contribution in [3.63, 3.8) is 0 Å². The highest BCUT2D eigenvalue weighted by atomic mass is 19.2. The van der Waals surface area contributed by atoms with Crippen LogP contribution in [-0.4, -0.2) is 6.61 Å². The summed E-state index contributed by atoms with van der Waals surface area (Å²) in [5.41, 5.74) is 1.51. The Balaban J connectivity index is 1.54. The van der Waals surface area contributed by atoms with Gasteiger partial charge in [-0.3, -0.25) is 0 Å². The Hall–Kier alpha value is -1.90. The number of hydrogen-bond donors (Lipinski definition) is 0. The summed E-state index contributed by atoms with van der Waals surface area (Å²) in [4.78, 5) is 0. The van der Waals surface area contributed by atoms with Gasteiger partial charge in [-0.15, -0.1) is 0 Å². The number of unbranched alkanes of at least 4 members (excludes halogenated alkanes) is 3. The van der Waals surface area contributed by atoms with Crippen LogP contribution in [0.4, 0.5) is 8.78 Å². The van der Waals surface area contributed by atoms with E-state index in [0.717, 1.165) is 37.4 Å². The minimum Gasteiger partial charge on any atom is -0.494 e. The van der Waals surface area contributed by atoms with Crippen LogP contribution < -0.4 is 4.74 Å². The molecular formula is C29H40F2O. The van der Waals surface area contributed by atoms with E-state index in [1.54, 1.807) is 12.1 Å². The third-order valence-corrected chi connectivity index (χ3v) is 7.10. The van der Waals surface area contributed by atoms with Gasteiger partial charge in [-0.2, -0.15) is 0 Å². The molecule has 0 aliphatic heterocycles. The average molecular weight is 443 g/mol. The van der Waals surface area contributed by atoms with Gasteiger partial charge in [0.15, 0.2) is 11.6 Å². The summed E-state index contributed by atoms with van der Waals surface area (Å²) in [5.74, 6) is 0.890. The predicted octanol–water partition coefficient (Wildman–Crippen LogP) is 9.13. The molecule has 0 N–H and O–H groups in total. The first-order chi connectivity index (χ1) is 15.6. The van der Waals surface area contributed by atoms with Crippen molar-refractivity contribution in [1.82, 2.24) is 0 Å². The van der Waals surface area contributed by atoms with E-state index >= 15 is 0 Å². The predicted molar refractivity (Wildman–Crippen MR) is 130 cm³/mol. The molecule has 1 saturated carbocycles. The number of halogens is 2. The lowest BCUT2D eigenvalue weighted by Gasteiger charge is -2.28. The van der Waals surface area contributed by atoms with Gasteiger partial charge in [-0.1, -0.05) is 95.9 Å². The molecule has 3 heteroatoms. The smallest absolute Gasteiger partial charge is 0.166 e. The Morgan fingerprint density at radius 1 is 0.750 bits per heavy atom. The first-order valence-corrected chi connectivity index (χ1v) is 12.8. The third-order valence-electron chi connectivity index (χ3n) is 7.10. The van der Waals surface area contributed by atoms with Gasteiger partial charge in [0.25, 0.3) is 0 Å². The van der Waals surface area contributed by atoms with E-state index in [1.807, 2.05) is 24.3 Å². The molecule has 0 saturated heterocycles. The lowest BCUT2D eigenvalue weighted by atomic mass is 9.78. The van der Waals surface area contributed by atoms with E-state index in [9.17, 15) is 8.78 Å². The molecule has 3 rings (SSSR count). The molecule has 0 bridgehead atoms. The van der Waals surface area contributed by atoms with E-state index in [2.05, 4.69) is 13.8 Å². The molecule has 2 aromatic rings. The Morgan fingerprint density at radius 2 is 1.41 bits per heavy atom. The van der Waals surface area contributed by atoms with Crippen molar-refractivity contribution in [1.29, 1.82) is 0 Å². The SMILES string of the molecule is CCCCCOc1ccc(-c2ccc(CC[C@H]3CC[C@H](CCCC)CC3)c(F)c2F)cc1. The highest BCUT2D eigenvalue weighted by Crippen LogP contribution is 2.35. The molecule has 0 heterocycles. The zero-order valence-electron chi connectivity index (χ0n) is 20.0. The van der Waals surface area contributed by atoms with Gasteiger partial charge >= 0.3 is 0 Å². The second kappa shape index (κ2) is 13.0. The second-order valence-corrected chi connectivity index (χ2v) is 9.55. The zero-order valence-corrected chi connectivity index (χ0v) is 20.0. The topological polar surface area (TPSA) is 9.23 Å². The highest BCUT2D eigenvalue weighted by molar-refractivity contribution is 5.65. The number of benzene rings is 2. The minimum absolute atomic E-state index is 0.320. The Kier molecular flexibility index (Phi) is 10.0. The van der Waals surface area contributed by atoms with Gasteiger partial charge in [-0.05, 0) is 54.4 Å². The fraction of sp³-hybridized carbons (Fsp3) is 0.586. The fourth-order valence-corrected chi connectivity index (χ4v) is 4.94. The summed E-state index contributed by atoms with van der Waals surface area (Å²) in [6, 6.07) is 10.8. The van der Waals surface area contributed by atoms with Crippen LogP contribution in [0.15, 0.2) is 36.4 Å². The van der Waals surface area contributed by atoms with Gasteiger partial charge in [0.2, 0.25) is 0 Å². The van der Waals surface area contributed by atoms with Gasteiger partial charge in [0.05, 0.1) is 6.61 Å². The lowest BCUT2D eigenvalue weighted by molar-refractivity contribution is 0.249. The van der Waals surface area contributed by atoms with Crippen molar-refractivity contribution in [3.8, 4) is 16.9 Å². The number of ether oxygens (including phenoxy) is 1. The van der Waals surface area contributed by atoms with Crippen molar-refractivity contribution in [2.45, 2.75) is 90.9 Å². The van der Waals surface area contributed by atoms with Gasteiger partial charge in [0.1, 0.15) is 5.75 Å². The number of rotatable bonds is 12. The van der Waals surface area contributed by atoms with E-state index < -0.39 is 11.6 Å². The zero-order chi connectivity index (χ0) is 22.8. The molecule has 0 aromatic heterocycles. The molecular weight excluding hydrogens is 402 g/mol. The first-order valence-electron chi connectivity index (χ1n) is 12.8. The maximum absolute atomic E-state index is 14.9. The van der Waals surface area contributed by atoms with Gasteiger partial charge in [-0.25, -0.2) is 8.78 Å². The van der Waals surface area contributed by atoms with Crippen LogP contribution in [0.5, 0.6) is 5.75 Å². The second-order valence-electron chi connectivity index (χ2n) is 9.55. The monoisotopic (exact) mass is 442 g/mol. The van der Waals surface area contributed by atoms with Crippen molar-refractivity contribution < 1.29 is 13.5 Å². The van der Waals surface area contributed by atoms with Gasteiger partial charge in [0, 0.05) is 5.56 Å². The third kappa shape index (κ3) is 7.05. The summed E-state index contributed by atoms with van der Waals surface area (Å²) in [5, 5.41) is 0. The summed E-state index contributed by atoms with van der Waals surface area (Å²) < 4.78 is 35.4. The van der Waals surface area contributed by atoms with Crippen LogP contribution in [0.25, 0.3) is 11.1 Å². The number of aryl methyl sites for hydroxylation is 1. The maximum atomic E-state index is 14.9. The molecule has 1 nitrogen and oxygen atoms in total. The molecule has 0 atom stereocenters. The van der Waals surface area contributed by atoms with Crippen molar-refractivity contribution in [3.05, 3.63) is 53.6 Å². The van der Waals surface area contributed by atoms with E-state index in [4.69, 9.17) is 4.74 Å². The Morgan fingerprint density at radius 3 is 2.06 bits per heavy atom. The maximum Gasteiger partial charge on any atom is 0.166 e. The summed E-state index contributed by atoms with van der Waals surface area (Å²) >= 11 is 0. The molecule has 1 aliphatic rings. The molecule has 1 aliphatic carbocycles. The van der Waals surface area contributed by atoms with Crippen LogP contribution in [0.3, 0.4) is 0 Å². The van der Waals surface area contributed by atoms with Crippen LogP contribution in [-0.2, 0) is 6.42 Å². The van der Waals surface area contributed by atoms with E-state index in [-0.39, 0.29) is 0 Å². The molecule has 0 spiro atoms. The highest BCUT2D eigenvalue weighted by Gasteiger charge is 2.22. The molecule has 32 heavy (non-hydrogen) atoms. The minimum atomic E-state index is -0.734. The van der Waals surface area contributed by atoms with Crippen molar-refractivity contribution >= 4 is 0 Å². The van der Waals surface area contributed by atoms with Crippen molar-refractivity contribution in [2.24, 2.45) is 11.8 Å². The molecule has 0 amide bonds. The van der Waals surface area contributed by atoms with Crippen LogP contribution in [0.2, 0.25) is 0 Å². The summed E-state index contributed by atoms with van der Waals surface area (Å²) in [7, 11) is 0. The summed E-state index contributed by atoms with van der Waals surface area (Å²) in [6.07, 6.45) is 14.0. The Bertz CT molecular complexity index is 807. The molecule has 176 valence electrons. The molecule has 0 radical (unpaired) electrons. The summed E-state index contributed by atoms with van der Waals surface area (Å²) in [6.45, 7) is 5.10. The van der Waals surface area contributed by atoms with Crippen LogP contribution in [0, 0.1) is 23.5 Å². The standard InChI is InChI=1S/C29H40F2O/c1-3-5-7-21-32-26-18-15-24(16-19-26)27-20-17-25(28(30)29(27)31)14-13-23-11-9-22(10-12-23)8-6-4-2/h15-20,22-23H,3-14,21H2,1-2H3/t22-,23-. The van der Waals surface area contributed by atoms with Crippen LogP contribution in [0.1, 0.15) is 90.0 Å². The lowest BCUT2D eigenvalue weighted by Crippen LogP contribution is -2.15. The largest absolute Gasteiger partial charge is 0.494 e. The van der Waals surface area contributed by atoms with Gasteiger partial charge < -0.3 is 4.74 Å². The quantitative estimate of drug-likeness (QED) is 0.298. The molecule has 1 fully saturated rings. The first kappa shape index (κ1) is 24.7. The van der Waals surface area contributed by atoms with Crippen molar-refractivity contribution in [2.75, 3.05) is 6.61 Å².